The van der Waals surface area contributed by atoms with Gasteiger partial charge in [0.05, 0.1) is 6.54 Å². The summed E-state index contributed by atoms with van der Waals surface area (Å²) in [4.78, 5) is 26.2. The Labute approximate surface area is 193 Å². The topological polar surface area (TPSA) is 49.9 Å². The van der Waals surface area contributed by atoms with Crippen LogP contribution in [0.5, 0.6) is 0 Å². The molecule has 0 aliphatic heterocycles. The third-order valence-electron chi connectivity index (χ3n) is 4.80. The first kappa shape index (κ1) is 24.3. The average Bonchev–Trinajstić information content (AvgIpc) is 2.77. The summed E-state index contributed by atoms with van der Waals surface area (Å²) >= 11 is 6.18. The molecule has 0 bridgehead atoms. The summed E-state index contributed by atoms with van der Waals surface area (Å²) in [6.07, 6.45) is -1.99. The van der Waals surface area contributed by atoms with Gasteiger partial charge in [-0.2, -0.15) is 0 Å². The summed E-state index contributed by atoms with van der Waals surface area (Å²) in [5.74, 6) is -2.99. The molecule has 1 atom stereocenters. The molecular weight excluding hydrogens is 457 g/mol. The fourth-order valence-corrected chi connectivity index (χ4v) is 3.46. The summed E-state index contributed by atoms with van der Waals surface area (Å²) in [7, 11) is 0. The fourth-order valence-electron chi connectivity index (χ4n) is 3.18. The molecule has 0 aromatic heterocycles. The van der Waals surface area contributed by atoms with Crippen molar-refractivity contribution in [3.63, 3.8) is 0 Å². The van der Waals surface area contributed by atoms with Crippen LogP contribution in [0.25, 0.3) is 0 Å². The normalized spacial score (nSPS) is 11.8. The van der Waals surface area contributed by atoms with Crippen LogP contribution in [0.1, 0.15) is 18.1 Å². The van der Waals surface area contributed by atoms with E-state index in [1.807, 2.05) is 0 Å². The maximum Gasteiger partial charge on any atom is 0.304 e. The van der Waals surface area contributed by atoms with Gasteiger partial charge in [-0.25, -0.2) is 8.78 Å². The zero-order valence-electron chi connectivity index (χ0n) is 17.8. The summed E-state index contributed by atoms with van der Waals surface area (Å²) in [6, 6.07) is 14.6. The highest BCUT2D eigenvalue weighted by molar-refractivity contribution is 6.31. The van der Waals surface area contributed by atoms with Gasteiger partial charge in [0.2, 0.25) is 0 Å². The number of amides is 1. The van der Waals surface area contributed by atoms with Crippen molar-refractivity contribution in [2.24, 2.45) is 0 Å². The molecule has 5 nitrogen and oxygen atoms in total. The third kappa shape index (κ3) is 5.91. The minimum atomic E-state index is -1.99. The quantitative estimate of drug-likeness (QED) is 0.243. The van der Waals surface area contributed by atoms with Crippen LogP contribution in [0.2, 0.25) is 5.02 Å². The molecular formula is C24H20ClF3N2O3. The summed E-state index contributed by atoms with van der Waals surface area (Å²) in [6.45, 7) is 2.31. The molecule has 3 rings (SSSR count). The van der Waals surface area contributed by atoms with E-state index in [4.69, 9.17) is 16.3 Å². The van der Waals surface area contributed by atoms with E-state index in [0.717, 1.165) is 36.1 Å². The second kappa shape index (κ2) is 10.5. The molecule has 0 aliphatic carbocycles. The van der Waals surface area contributed by atoms with E-state index in [-0.39, 0.29) is 21.5 Å². The molecule has 0 saturated carbocycles. The first-order chi connectivity index (χ1) is 15.7. The molecule has 0 fully saturated rings. The van der Waals surface area contributed by atoms with Gasteiger partial charge in [0.15, 0.2) is 0 Å². The monoisotopic (exact) mass is 476 g/mol. The van der Waals surface area contributed by atoms with Gasteiger partial charge in [-0.3, -0.25) is 14.5 Å². The highest BCUT2D eigenvalue weighted by Gasteiger charge is 2.35. The SMILES string of the molecule is CC(=O)OC(C(=O)N(c1ccc(F)cc1)c1ccc(F)cc1)N(F)Cc1c(C)cccc1Cl. The Morgan fingerprint density at radius 1 is 0.939 bits per heavy atom. The number of benzene rings is 3. The number of nitrogens with zero attached hydrogens (tertiary/aromatic N) is 2. The third-order valence-corrected chi connectivity index (χ3v) is 5.15. The van der Waals surface area contributed by atoms with Crippen LogP contribution in [0.3, 0.4) is 0 Å². The van der Waals surface area contributed by atoms with Crippen LogP contribution < -0.4 is 4.90 Å². The fraction of sp³-hybridized carbons (Fsp3) is 0.167. The molecule has 0 aliphatic rings. The van der Waals surface area contributed by atoms with Gasteiger partial charge in [0, 0.05) is 23.3 Å². The van der Waals surface area contributed by atoms with Crippen LogP contribution in [-0.4, -0.2) is 23.2 Å². The molecule has 0 saturated heterocycles. The smallest absolute Gasteiger partial charge is 0.304 e. The molecule has 0 heterocycles. The largest absolute Gasteiger partial charge is 0.434 e. The van der Waals surface area contributed by atoms with Crippen molar-refractivity contribution in [1.29, 1.82) is 0 Å². The van der Waals surface area contributed by atoms with Gasteiger partial charge >= 0.3 is 5.97 Å². The first-order valence-corrected chi connectivity index (χ1v) is 10.2. The maximum absolute atomic E-state index is 15.4. The Morgan fingerprint density at radius 2 is 1.45 bits per heavy atom. The highest BCUT2D eigenvalue weighted by atomic mass is 35.5. The highest BCUT2D eigenvalue weighted by Crippen LogP contribution is 2.29. The Kier molecular flexibility index (Phi) is 7.73. The van der Waals surface area contributed by atoms with Crippen LogP contribution in [0.15, 0.2) is 66.7 Å². The lowest BCUT2D eigenvalue weighted by molar-refractivity contribution is -0.187. The molecule has 3 aromatic carbocycles. The maximum atomic E-state index is 15.4. The van der Waals surface area contributed by atoms with Gasteiger partial charge in [0.25, 0.3) is 12.1 Å². The molecule has 1 amide bonds. The zero-order valence-corrected chi connectivity index (χ0v) is 18.5. The number of ether oxygens (including phenoxy) is 1. The molecule has 0 N–H and O–H groups in total. The number of anilines is 2. The molecule has 0 radical (unpaired) electrons. The number of esters is 1. The summed E-state index contributed by atoms with van der Waals surface area (Å²) in [5, 5.41) is 0.332. The Hall–Kier alpha value is -3.36. The molecule has 33 heavy (non-hydrogen) atoms. The second-order valence-corrected chi connectivity index (χ2v) is 7.59. The number of carbonyl (C=O) groups excluding carboxylic acids is 2. The lowest BCUT2D eigenvalue weighted by atomic mass is 10.1. The zero-order chi connectivity index (χ0) is 24.1. The molecule has 1 unspecified atom stereocenters. The van der Waals surface area contributed by atoms with E-state index >= 15 is 4.48 Å². The Morgan fingerprint density at radius 3 is 1.91 bits per heavy atom. The van der Waals surface area contributed by atoms with Crippen molar-refractivity contribution >= 4 is 34.9 Å². The molecule has 9 heteroatoms. The van der Waals surface area contributed by atoms with Crippen LogP contribution in [-0.2, 0) is 20.9 Å². The van der Waals surface area contributed by atoms with Gasteiger partial charge in [-0.15, -0.1) is 4.48 Å². The lowest BCUT2D eigenvalue weighted by Gasteiger charge is -2.30. The van der Waals surface area contributed by atoms with Crippen molar-refractivity contribution in [2.45, 2.75) is 26.6 Å². The number of aryl methyl sites for hydroxylation is 1. The van der Waals surface area contributed by atoms with E-state index in [2.05, 4.69) is 0 Å². The minimum Gasteiger partial charge on any atom is -0.434 e. The Bertz CT molecular complexity index is 1070. The first-order valence-electron chi connectivity index (χ1n) is 9.86. The van der Waals surface area contributed by atoms with Crippen molar-refractivity contribution < 1.29 is 27.6 Å². The summed E-state index contributed by atoms with van der Waals surface area (Å²) in [5.41, 5.74) is 1.40. The van der Waals surface area contributed by atoms with Crippen molar-refractivity contribution in [3.05, 3.63) is 94.5 Å². The van der Waals surface area contributed by atoms with Gasteiger partial charge in [0.1, 0.15) is 11.6 Å². The van der Waals surface area contributed by atoms with E-state index < -0.39 is 36.3 Å². The van der Waals surface area contributed by atoms with E-state index in [1.165, 1.54) is 24.3 Å². The van der Waals surface area contributed by atoms with E-state index in [0.29, 0.717) is 11.1 Å². The number of carbonyl (C=O) groups is 2. The number of halogens is 4. The predicted octanol–water partition coefficient (Wildman–Crippen LogP) is 5.87. The number of rotatable bonds is 7. The van der Waals surface area contributed by atoms with Gasteiger partial charge in [-0.05, 0) is 72.6 Å². The Balaban J connectivity index is 2.02. The van der Waals surface area contributed by atoms with Gasteiger partial charge in [-0.1, -0.05) is 28.9 Å². The van der Waals surface area contributed by atoms with Crippen LogP contribution in [0, 0.1) is 18.6 Å². The minimum absolute atomic E-state index is 0.0536. The van der Waals surface area contributed by atoms with Crippen molar-refractivity contribution in [1.82, 2.24) is 5.12 Å². The van der Waals surface area contributed by atoms with E-state index in [9.17, 15) is 18.4 Å². The molecule has 3 aromatic rings. The van der Waals surface area contributed by atoms with Crippen LogP contribution >= 0.6 is 11.6 Å². The van der Waals surface area contributed by atoms with Gasteiger partial charge < -0.3 is 4.74 Å². The average molecular weight is 477 g/mol. The van der Waals surface area contributed by atoms with Crippen molar-refractivity contribution in [2.75, 3.05) is 4.90 Å². The standard InChI is InChI=1S/C24H20ClF3N2O3/c1-15-4-3-5-22(25)21(15)14-29(28)24(33-16(2)31)23(32)30(19-10-6-17(26)7-11-19)20-12-8-18(27)9-13-20/h3-13,24H,14H2,1-2H3. The second-order valence-electron chi connectivity index (χ2n) is 7.18. The number of hydrogen-bond acceptors (Lipinski definition) is 4. The lowest BCUT2D eigenvalue weighted by Crippen LogP contribution is -2.46. The van der Waals surface area contributed by atoms with Crippen LogP contribution in [0.4, 0.5) is 24.6 Å². The predicted molar refractivity (Wildman–Crippen MR) is 118 cm³/mol. The number of hydrogen-bond donors (Lipinski definition) is 0. The summed E-state index contributed by atoms with van der Waals surface area (Å²) < 4.78 is 47.4. The molecule has 0 spiro atoms. The molecule has 172 valence electrons. The van der Waals surface area contributed by atoms with Crippen molar-refractivity contribution in [3.8, 4) is 0 Å². The van der Waals surface area contributed by atoms with E-state index in [1.54, 1.807) is 25.1 Å².